The van der Waals surface area contributed by atoms with Gasteiger partial charge in [0.1, 0.15) is 0 Å². The van der Waals surface area contributed by atoms with E-state index in [4.69, 9.17) is 5.14 Å². The fourth-order valence-electron chi connectivity index (χ4n) is 3.91. The summed E-state index contributed by atoms with van der Waals surface area (Å²) in [7, 11) is -3.71. The minimum Gasteiger partial charge on any atom is -0.357 e. The molecule has 4 N–H and O–H groups in total. The van der Waals surface area contributed by atoms with Crippen molar-refractivity contribution >= 4 is 27.3 Å². The number of benzene rings is 1. The average Bonchev–Trinajstić information content (AvgIpc) is 3.26. The molecular formula is C21H30N4O2S2. The zero-order valence-electron chi connectivity index (χ0n) is 16.9. The normalized spacial score (nSPS) is 17.1. The Balaban J connectivity index is 1.72. The monoisotopic (exact) mass is 434 g/mol. The molecule has 6 nitrogen and oxygen atoms in total. The highest BCUT2D eigenvalue weighted by molar-refractivity contribution is 7.89. The molecule has 1 fully saturated rings. The molecule has 1 aliphatic rings. The van der Waals surface area contributed by atoms with E-state index in [1.54, 1.807) is 12.1 Å². The van der Waals surface area contributed by atoms with Gasteiger partial charge in [-0.25, -0.2) is 18.5 Å². The van der Waals surface area contributed by atoms with Crippen LogP contribution in [0.15, 0.2) is 51.7 Å². The van der Waals surface area contributed by atoms with Gasteiger partial charge in [0, 0.05) is 23.4 Å². The Kier molecular flexibility index (Phi) is 7.32. The van der Waals surface area contributed by atoms with Crippen molar-refractivity contribution < 1.29 is 8.42 Å². The molecule has 0 spiro atoms. The van der Waals surface area contributed by atoms with Gasteiger partial charge in [0.05, 0.1) is 11.4 Å². The van der Waals surface area contributed by atoms with E-state index >= 15 is 0 Å². The summed E-state index contributed by atoms with van der Waals surface area (Å²) in [5.74, 6) is 0.745. The molecule has 2 aromatic rings. The van der Waals surface area contributed by atoms with E-state index < -0.39 is 10.0 Å². The van der Waals surface area contributed by atoms with Crippen LogP contribution >= 0.6 is 11.3 Å². The Bertz CT molecular complexity index is 918. The van der Waals surface area contributed by atoms with Crippen molar-refractivity contribution in [3.8, 4) is 0 Å². The van der Waals surface area contributed by atoms with Gasteiger partial charge in [0.15, 0.2) is 5.96 Å². The van der Waals surface area contributed by atoms with Gasteiger partial charge >= 0.3 is 0 Å². The third-order valence-electron chi connectivity index (χ3n) is 5.44. The lowest BCUT2D eigenvalue weighted by molar-refractivity contribution is 0.296. The lowest BCUT2D eigenvalue weighted by atomic mass is 9.73. The average molecular weight is 435 g/mol. The summed E-state index contributed by atoms with van der Waals surface area (Å²) in [5, 5.41) is 14.2. The van der Waals surface area contributed by atoms with Crippen LogP contribution in [0.3, 0.4) is 0 Å². The summed E-state index contributed by atoms with van der Waals surface area (Å²) in [4.78, 5) is 6.22. The van der Waals surface area contributed by atoms with Crippen LogP contribution < -0.4 is 15.8 Å². The number of hydrogen-bond donors (Lipinski definition) is 3. The maximum atomic E-state index is 11.6. The van der Waals surface area contributed by atoms with Crippen LogP contribution in [0, 0.1) is 0 Å². The summed E-state index contributed by atoms with van der Waals surface area (Å²) in [6.07, 6.45) is 6.20. The molecule has 0 radical (unpaired) electrons. The van der Waals surface area contributed by atoms with Crippen LogP contribution in [0.5, 0.6) is 0 Å². The van der Waals surface area contributed by atoms with Gasteiger partial charge in [-0.2, -0.15) is 0 Å². The molecule has 1 heterocycles. The first-order valence-electron chi connectivity index (χ1n) is 10.1. The Morgan fingerprint density at radius 1 is 1.17 bits per heavy atom. The predicted octanol–water partition coefficient (Wildman–Crippen LogP) is 3.35. The quantitative estimate of drug-likeness (QED) is 0.460. The number of rotatable bonds is 7. The van der Waals surface area contributed by atoms with E-state index in [2.05, 4.69) is 33.1 Å². The Labute approximate surface area is 177 Å². The number of guanidine groups is 1. The smallest absolute Gasteiger partial charge is 0.238 e. The summed E-state index contributed by atoms with van der Waals surface area (Å²) < 4.78 is 23.1. The van der Waals surface area contributed by atoms with Gasteiger partial charge in [0.2, 0.25) is 10.0 Å². The van der Waals surface area contributed by atoms with Gasteiger partial charge in [-0.1, -0.05) is 37.5 Å². The fraction of sp³-hybridized carbons (Fsp3) is 0.476. The molecule has 3 rings (SSSR count). The summed E-state index contributed by atoms with van der Waals surface area (Å²) in [5.41, 5.74) is 0.968. The van der Waals surface area contributed by atoms with E-state index in [1.807, 2.05) is 24.3 Å². The van der Waals surface area contributed by atoms with Gasteiger partial charge < -0.3 is 10.6 Å². The molecule has 8 heteroatoms. The topological polar surface area (TPSA) is 96.6 Å². The molecule has 1 aromatic carbocycles. The lowest BCUT2D eigenvalue weighted by Gasteiger charge is -2.37. The van der Waals surface area contributed by atoms with E-state index in [9.17, 15) is 8.42 Å². The maximum absolute atomic E-state index is 11.6. The van der Waals surface area contributed by atoms with Crippen molar-refractivity contribution in [3.05, 3.63) is 52.2 Å². The number of nitrogens with one attached hydrogen (secondary N) is 2. The summed E-state index contributed by atoms with van der Waals surface area (Å²) >= 11 is 1.84. The second-order valence-electron chi connectivity index (χ2n) is 7.56. The molecule has 0 bridgehead atoms. The third kappa shape index (κ3) is 5.81. The minimum atomic E-state index is -3.71. The number of primary sulfonamides is 1. The second-order valence-corrected chi connectivity index (χ2v) is 10.1. The maximum Gasteiger partial charge on any atom is 0.238 e. The number of sulfonamides is 1. The molecule has 1 aliphatic carbocycles. The molecule has 29 heavy (non-hydrogen) atoms. The molecule has 1 aromatic heterocycles. The Morgan fingerprint density at radius 2 is 1.97 bits per heavy atom. The molecule has 0 amide bonds. The highest BCUT2D eigenvalue weighted by Crippen LogP contribution is 2.41. The molecule has 0 aliphatic heterocycles. The van der Waals surface area contributed by atoms with Crippen LogP contribution in [-0.2, 0) is 22.0 Å². The fourth-order valence-corrected chi connectivity index (χ4v) is 5.48. The standard InChI is InChI=1S/C21H30N4O2S2/c1-2-23-20(24-15-17-8-6-9-18(14-17)29(22,26)27)25-16-21(11-4-3-5-12-21)19-10-7-13-28-19/h6-10,13-14H,2-5,11-12,15-16H2,1H3,(H2,22,26,27)(H2,23,24,25). The van der Waals surface area contributed by atoms with Crippen LogP contribution in [0.1, 0.15) is 49.5 Å². The zero-order chi connectivity index (χ0) is 20.7. The number of nitrogens with two attached hydrogens (primary N) is 1. The zero-order valence-corrected chi connectivity index (χ0v) is 18.5. The lowest BCUT2D eigenvalue weighted by Crippen LogP contribution is -2.46. The summed E-state index contributed by atoms with van der Waals surface area (Å²) in [6.45, 7) is 4.02. The van der Waals surface area contributed by atoms with E-state index in [1.165, 1.54) is 43.0 Å². The highest BCUT2D eigenvalue weighted by atomic mass is 32.2. The van der Waals surface area contributed by atoms with E-state index in [-0.39, 0.29) is 10.3 Å². The molecule has 0 saturated heterocycles. The number of hydrogen-bond acceptors (Lipinski definition) is 4. The minimum absolute atomic E-state index is 0.113. The summed E-state index contributed by atoms with van der Waals surface area (Å²) in [6, 6.07) is 11.0. The van der Waals surface area contributed by atoms with Crippen molar-refractivity contribution in [1.29, 1.82) is 0 Å². The number of thiophene rings is 1. The van der Waals surface area contributed by atoms with Crippen LogP contribution in [0.4, 0.5) is 0 Å². The van der Waals surface area contributed by atoms with Crippen molar-refractivity contribution in [3.63, 3.8) is 0 Å². The van der Waals surface area contributed by atoms with Gasteiger partial charge in [-0.15, -0.1) is 11.3 Å². The molecule has 0 unspecified atom stereocenters. The SMILES string of the molecule is CCNC(=NCc1cccc(S(N)(=O)=O)c1)NCC1(c2cccs2)CCCCC1. The van der Waals surface area contributed by atoms with Crippen molar-refractivity contribution in [2.75, 3.05) is 13.1 Å². The largest absolute Gasteiger partial charge is 0.357 e. The van der Waals surface area contributed by atoms with Crippen molar-refractivity contribution in [2.45, 2.75) is 55.9 Å². The first-order chi connectivity index (χ1) is 13.9. The van der Waals surface area contributed by atoms with Crippen molar-refractivity contribution in [2.24, 2.45) is 10.1 Å². The van der Waals surface area contributed by atoms with Crippen LogP contribution in [-0.4, -0.2) is 27.5 Å². The third-order valence-corrected chi connectivity index (χ3v) is 7.47. The van der Waals surface area contributed by atoms with Gasteiger partial charge in [0.25, 0.3) is 0 Å². The van der Waals surface area contributed by atoms with Gasteiger partial charge in [-0.3, -0.25) is 0 Å². The van der Waals surface area contributed by atoms with Crippen LogP contribution in [0.2, 0.25) is 0 Å². The van der Waals surface area contributed by atoms with Crippen LogP contribution in [0.25, 0.3) is 0 Å². The molecule has 1 saturated carbocycles. The number of nitrogens with zero attached hydrogens (tertiary/aromatic N) is 1. The Morgan fingerprint density at radius 3 is 2.62 bits per heavy atom. The van der Waals surface area contributed by atoms with E-state index in [0.29, 0.717) is 6.54 Å². The molecule has 158 valence electrons. The number of aliphatic imine (C=N–C) groups is 1. The van der Waals surface area contributed by atoms with Crippen molar-refractivity contribution in [1.82, 2.24) is 10.6 Å². The highest BCUT2D eigenvalue weighted by Gasteiger charge is 2.34. The van der Waals surface area contributed by atoms with Gasteiger partial charge in [-0.05, 0) is 48.9 Å². The Hall–Kier alpha value is -1.90. The van der Waals surface area contributed by atoms with E-state index in [0.717, 1.165) is 24.6 Å². The first-order valence-corrected chi connectivity index (χ1v) is 12.5. The second kappa shape index (κ2) is 9.73. The molecular weight excluding hydrogens is 404 g/mol. The first kappa shape index (κ1) is 21.8. The predicted molar refractivity (Wildman–Crippen MR) is 120 cm³/mol. The molecule has 0 atom stereocenters.